The van der Waals surface area contributed by atoms with Crippen molar-refractivity contribution in [2.45, 2.75) is 31.2 Å². The van der Waals surface area contributed by atoms with Crippen LogP contribution >= 0.6 is 0 Å². The van der Waals surface area contributed by atoms with E-state index < -0.39 is 15.6 Å². The van der Waals surface area contributed by atoms with E-state index in [-0.39, 0.29) is 10.8 Å². The highest BCUT2D eigenvalue weighted by Crippen LogP contribution is 2.26. The van der Waals surface area contributed by atoms with Crippen molar-refractivity contribution in [2.24, 2.45) is 0 Å². The van der Waals surface area contributed by atoms with Crippen LogP contribution in [0.25, 0.3) is 0 Å². The molecule has 0 unspecified atom stereocenters. The smallest absolute Gasteiger partial charge is 0.254 e. The molecule has 0 aliphatic carbocycles. The fourth-order valence-electron chi connectivity index (χ4n) is 3.31. The van der Waals surface area contributed by atoms with Gasteiger partial charge in [-0.05, 0) is 38.5 Å². The predicted octanol–water partition coefficient (Wildman–Crippen LogP) is 1.27. The minimum atomic E-state index is -3.64. The van der Waals surface area contributed by atoms with E-state index in [9.17, 15) is 13.2 Å². The third kappa shape index (κ3) is 3.64. The second-order valence-electron chi connectivity index (χ2n) is 7.31. The minimum Gasteiger partial charge on any atom is -0.379 e. The quantitative estimate of drug-likeness (QED) is 0.787. The minimum absolute atomic E-state index is 0.152. The van der Waals surface area contributed by atoms with Crippen molar-refractivity contribution in [1.29, 1.82) is 0 Å². The summed E-state index contributed by atoms with van der Waals surface area (Å²) in [5.41, 5.74) is 0.758. The van der Waals surface area contributed by atoms with Gasteiger partial charge in [0.25, 0.3) is 5.91 Å². The first-order chi connectivity index (χ1) is 12.2. The van der Waals surface area contributed by atoms with Gasteiger partial charge in [-0.1, -0.05) is 6.07 Å². The number of morpholine rings is 2. The molecule has 7 nitrogen and oxygen atoms in total. The molecule has 144 valence electrons. The summed E-state index contributed by atoms with van der Waals surface area (Å²) in [5.74, 6) is -0.158. The summed E-state index contributed by atoms with van der Waals surface area (Å²) in [7, 11) is -3.64. The number of benzene rings is 1. The Labute approximate surface area is 154 Å². The van der Waals surface area contributed by atoms with Crippen molar-refractivity contribution in [3.63, 3.8) is 0 Å². The van der Waals surface area contributed by atoms with Crippen molar-refractivity contribution < 1.29 is 22.7 Å². The van der Waals surface area contributed by atoms with Crippen LogP contribution in [-0.2, 0) is 19.5 Å². The van der Waals surface area contributed by atoms with Crippen LogP contribution in [0.5, 0.6) is 0 Å². The molecule has 0 bridgehead atoms. The summed E-state index contributed by atoms with van der Waals surface area (Å²) < 4.78 is 37.9. The second kappa shape index (κ2) is 7.26. The highest BCUT2D eigenvalue weighted by molar-refractivity contribution is 7.89. The molecule has 2 aliphatic heterocycles. The molecular weight excluding hydrogens is 356 g/mol. The van der Waals surface area contributed by atoms with Gasteiger partial charge in [-0.2, -0.15) is 4.31 Å². The predicted molar refractivity (Wildman–Crippen MR) is 96.7 cm³/mol. The Hall–Kier alpha value is -1.48. The maximum Gasteiger partial charge on any atom is 0.254 e. The van der Waals surface area contributed by atoms with Gasteiger partial charge >= 0.3 is 0 Å². The number of rotatable bonds is 3. The zero-order valence-electron chi connectivity index (χ0n) is 15.5. The number of hydrogen-bond acceptors (Lipinski definition) is 5. The van der Waals surface area contributed by atoms with Crippen LogP contribution in [0.1, 0.15) is 29.8 Å². The third-order valence-electron chi connectivity index (χ3n) is 4.94. The van der Waals surface area contributed by atoms with E-state index in [1.165, 1.54) is 10.4 Å². The number of carbonyl (C=O) groups is 1. The number of aryl methyl sites for hydroxylation is 1. The number of nitrogens with zero attached hydrogens (tertiary/aromatic N) is 2. The highest BCUT2D eigenvalue weighted by atomic mass is 32.2. The van der Waals surface area contributed by atoms with Crippen LogP contribution in [0, 0.1) is 6.92 Å². The molecule has 1 amide bonds. The lowest BCUT2D eigenvalue weighted by molar-refractivity contribution is -0.0371. The van der Waals surface area contributed by atoms with Crippen molar-refractivity contribution in [1.82, 2.24) is 9.21 Å². The first-order valence-corrected chi connectivity index (χ1v) is 10.3. The highest BCUT2D eigenvalue weighted by Gasteiger charge is 2.36. The number of hydrogen-bond donors (Lipinski definition) is 0. The number of sulfonamides is 1. The normalized spacial score (nSPS) is 21.6. The lowest BCUT2D eigenvalue weighted by Gasteiger charge is -2.42. The molecular formula is C18H26N2O5S. The zero-order valence-corrected chi connectivity index (χ0v) is 16.3. The number of ether oxygens (including phenoxy) is 2. The van der Waals surface area contributed by atoms with Crippen LogP contribution in [-0.4, -0.2) is 75.1 Å². The van der Waals surface area contributed by atoms with Crippen LogP contribution < -0.4 is 0 Å². The van der Waals surface area contributed by atoms with Gasteiger partial charge in [-0.3, -0.25) is 4.79 Å². The largest absolute Gasteiger partial charge is 0.379 e. The van der Waals surface area contributed by atoms with E-state index in [4.69, 9.17) is 9.47 Å². The van der Waals surface area contributed by atoms with E-state index in [0.29, 0.717) is 51.6 Å². The molecule has 8 heteroatoms. The molecule has 0 N–H and O–H groups in total. The summed E-state index contributed by atoms with van der Waals surface area (Å²) in [6.45, 7) is 8.60. The second-order valence-corrected chi connectivity index (χ2v) is 9.25. The van der Waals surface area contributed by atoms with Gasteiger partial charge in [0.1, 0.15) is 0 Å². The van der Waals surface area contributed by atoms with Crippen molar-refractivity contribution in [3.8, 4) is 0 Å². The molecule has 26 heavy (non-hydrogen) atoms. The van der Waals surface area contributed by atoms with Gasteiger partial charge in [0.05, 0.1) is 36.9 Å². The van der Waals surface area contributed by atoms with Gasteiger partial charge < -0.3 is 14.4 Å². The van der Waals surface area contributed by atoms with Crippen molar-refractivity contribution in [2.75, 3.05) is 46.1 Å². The monoisotopic (exact) mass is 382 g/mol. The molecule has 1 aromatic carbocycles. The molecule has 2 aliphatic rings. The Bertz CT molecular complexity index is 785. The average molecular weight is 382 g/mol. The van der Waals surface area contributed by atoms with Crippen LogP contribution in [0.4, 0.5) is 0 Å². The lowest BCUT2D eigenvalue weighted by Crippen LogP contribution is -2.55. The molecule has 2 saturated heterocycles. The zero-order chi connectivity index (χ0) is 18.9. The third-order valence-corrected chi connectivity index (χ3v) is 6.83. The van der Waals surface area contributed by atoms with Gasteiger partial charge in [0.15, 0.2) is 0 Å². The average Bonchev–Trinajstić information content (AvgIpc) is 2.62. The summed E-state index contributed by atoms with van der Waals surface area (Å²) in [5, 5.41) is 0. The van der Waals surface area contributed by atoms with Gasteiger partial charge in [-0.25, -0.2) is 8.42 Å². The summed E-state index contributed by atoms with van der Waals surface area (Å²) >= 11 is 0. The summed E-state index contributed by atoms with van der Waals surface area (Å²) in [6.07, 6.45) is 0. The standard InChI is InChI=1S/C18H26N2O5S/c1-14-4-5-15(26(22,23)19-6-9-24-10-7-19)12-16(14)17(21)20-8-11-25-13-18(20,2)3/h4-5,12H,6-11,13H2,1-3H3. The SMILES string of the molecule is Cc1ccc(S(=O)(=O)N2CCOCC2)cc1C(=O)N1CCOCC1(C)C. The number of amides is 1. The number of carbonyl (C=O) groups excluding carboxylic acids is 1. The van der Waals surface area contributed by atoms with Crippen LogP contribution in [0.2, 0.25) is 0 Å². The first-order valence-electron chi connectivity index (χ1n) is 8.82. The van der Waals surface area contributed by atoms with E-state index in [2.05, 4.69) is 0 Å². The fraction of sp³-hybridized carbons (Fsp3) is 0.611. The molecule has 0 radical (unpaired) electrons. The fourth-order valence-corrected chi connectivity index (χ4v) is 4.74. The van der Waals surface area contributed by atoms with E-state index in [1.54, 1.807) is 17.0 Å². The Morgan fingerprint density at radius 2 is 1.73 bits per heavy atom. The maximum atomic E-state index is 13.1. The molecule has 0 saturated carbocycles. The Balaban J connectivity index is 1.94. The van der Waals surface area contributed by atoms with Crippen molar-refractivity contribution in [3.05, 3.63) is 29.3 Å². The lowest BCUT2D eigenvalue weighted by atomic mass is 9.99. The van der Waals surface area contributed by atoms with Crippen molar-refractivity contribution >= 4 is 15.9 Å². The van der Waals surface area contributed by atoms with E-state index in [0.717, 1.165) is 5.56 Å². The van der Waals surface area contributed by atoms with E-state index >= 15 is 0 Å². The van der Waals surface area contributed by atoms with Crippen LogP contribution in [0.3, 0.4) is 0 Å². The molecule has 2 heterocycles. The summed E-state index contributed by atoms with van der Waals surface area (Å²) in [4.78, 5) is 15.1. The maximum absolute atomic E-state index is 13.1. The Morgan fingerprint density at radius 3 is 2.38 bits per heavy atom. The van der Waals surface area contributed by atoms with Gasteiger partial charge in [0.2, 0.25) is 10.0 Å². The Kier molecular flexibility index (Phi) is 5.39. The molecule has 1 aromatic rings. The molecule has 3 rings (SSSR count). The van der Waals surface area contributed by atoms with Crippen LogP contribution in [0.15, 0.2) is 23.1 Å². The molecule has 2 fully saturated rings. The van der Waals surface area contributed by atoms with Gasteiger partial charge in [-0.15, -0.1) is 0 Å². The first kappa shape index (κ1) is 19.3. The Morgan fingerprint density at radius 1 is 1.08 bits per heavy atom. The molecule has 0 atom stereocenters. The molecule has 0 aromatic heterocycles. The van der Waals surface area contributed by atoms with Gasteiger partial charge in [0, 0.05) is 25.2 Å². The molecule has 0 spiro atoms. The van der Waals surface area contributed by atoms with E-state index in [1.807, 2.05) is 20.8 Å². The topological polar surface area (TPSA) is 76.2 Å². The summed E-state index contributed by atoms with van der Waals surface area (Å²) in [6, 6.07) is 4.78.